The van der Waals surface area contributed by atoms with Gasteiger partial charge in [0, 0.05) is 16.7 Å². The molecule has 1 unspecified atom stereocenters. The molecule has 0 saturated heterocycles. The van der Waals surface area contributed by atoms with Crippen molar-refractivity contribution in [2.45, 2.75) is 45.9 Å². The zero-order valence-electron chi connectivity index (χ0n) is 23.3. The molecule has 0 fully saturated rings. The minimum atomic E-state index is -1.29. The van der Waals surface area contributed by atoms with Crippen LogP contribution in [0.25, 0.3) is 0 Å². The van der Waals surface area contributed by atoms with Crippen LogP contribution in [0.4, 0.5) is 21.9 Å². The normalized spacial score (nSPS) is 15.2. The van der Waals surface area contributed by atoms with Gasteiger partial charge >= 0.3 is 12.1 Å². The molecule has 0 aromatic heterocycles. The van der Waals surface area contributed by atoms with Gasteiger partial charge in [-0.2, -0.15) is 0 Å². The lowest BCUT2D eigenvalue weighted by atomic mass is 10.0. The van der Waals surface area contributed by atoms with Crippen LogP contribution in [0.15, 0.2) is 77.3 Å². The van der Waals surface area contributed by atoms with Crippen LogP contribution in [0.5, 0.6) is 0 Å². The van der Waals surface area contributed by atoms with Crippen LogP contribution < -0.4 is 15.1 Å². The van der Waals surface area contributed by atoms with Crippen molar-refractivity contribution < 1.29 is 28.7 Å². The molecule has 3 aromatic carbocycles. The molecule has 4 rings (SSSR count). The Balaban J connectivity index is 1.70. The third-order valence-corrected chi connectivity index (χ3v) is 6.91. The van der Waals surface area contributed by atoms with Gasteiger partial charge in [-0.1, -0.05) is 52.3 Å². The molecule has 1 N–H and O–H groups in total. The molecule has 0 bridgehead atoms. The lowest BCUT2D eigenvalue weighted by molar-refractivity contribution is -0.146. The van der Waals surface area contributed by atoms with Gasteiger partial charge in [0.05, 0.1) is 31.5 Å². The summed E-state index contributed by atoms with van der Waals surface area (Å²) in [7, 11) is 1.23. The monoisotopic (exact) mass is 621 g/mol. The summed E-state index contributed by atoms with van der Waals surface area (Å²) in [4.78, 5) is 55.4. The summed E-state index contributed by atoms with van der Waals surface area (Å²) in [5, 5.41) is 2.71. The molecule has 1 atom stereocenters. The topological polar surface area (TPSA) is 105 Å². The summed E-state index contributed by atoms with van der Waals surface area (Å²) in [6.07, 6.45) is -0.929. The molecule has 3 amide bonds. The Hall–Kier alpha value is -4.18. The number of esters is 1. The number of anilines is 3. The van der Waals surface area contributed by atoms with Crippen molar-refractivity contribution in [3.63, 3.8) is 0 Å². The van der Waals surface area contributed by atoms with Crippen LogP contribution in [-0.2, 0) is 36.9 Å². The molecule has 9 nitrogen and oxygen atoms in total. The van der Waals surface area contributed by atoms with Gasteiger partial charge < -0.3 is 19.7 Å². The SMILES string of the molecule is COC(=O)CC1C(=O)N(Cc2ccc(Br)cc2)c2ccccc2N(c2ccc(CNC(=O)OC(C)(C)C)cc2)C1=O. The summed E-state index contributed by atoms with van der Waals surface area (Å²) >= 11 is 3.43. The number of nitrogens with one attached hydrogen (secondary N) is 1. The van der Waals surface area contributed by atoms with Gasteiger partial charge in [-0.15, -0.1) is 0 Å². The van der Waals surface area contributed by atoms with E-state index in [9.17, 15) is 19.2 Å². The smallest absolute Gasteiger partial charge is 0.407 e. The second-order valence-corrected chi connectivity index (χ2v) is 11.5. The molecule has 3 aromatic rings. The van der Waals surface area contributed by atoms with E-state index in [4.69, 9.17) is 9.47 Å². The molecule has 41 heavy (non-hydrogen) atoms. The van der Waals surface area contributed by atoms with Gasteiger partial charge in [-0.25, -0.2) is 4.79 Å². The number of carbonyl (C=O) groups excluding carboxylic acids is 4. The predicted molar refractivity (Wildman–Crippen MR) is 159 cm³/mol. The fraction of sp³-hybridized carbons (Fsp3) is 0.290. The summed E-state index contributed by atoms with van der Waals surface area (Å²) in [5.41, 5.74) is 2.59. The highest BCUT2D eigenvalue weighted by Gasteiger charge is 2.42. The first-order chi connectivity index (χ1) is 19.5. The summed E-state index contributed by atoms with van der Waals surface area (Å²) in [6.45, 7) is 5.79. The minimum absolute atomic E-state index is 0.206. The van der Waals surface area contributed by atoms with Crippen molar-refractivity contribution in [2.75, 3.05) is 16.9 Å². The van der Waals surface area contributed by atoms with E-state index in [0.29, 0.717) is 17.1 Å². The number of rotatable bonds is 7. The lowest BCUT2D eigenvalue weighted by Crippen LogP contribution is -2.41. The average Bonchev–Trinajstić information content (AvgIpc) is 3.01. The highest BCUT2D eigenvalue weighted by molar-refractivity contribution is 9.10. The fourth-order valence-corrected chi connectivity index (χ4v) is 4.71. The van der Waals surface area contributed by atoms with Crippen LogP contribution >= 0.6 is 15.9 Å². The average molecular weight is 623 g/mol. The lowest BCUT2D eigenvalue weighted by Gasteiger charge is -2.26. The quantitative estimate of drug-likeness (QED) is 0.261. The molecule has 1 aliphatic rings. The number of alkyl carbamates (subject to hydrolysis) is 1. The van der Waals surface area contributed by atoms with E-state index in [-0.39, 0.29) is 13.1 Å². The van der Waals surface area contributed by atoms with Crippen molar-refractivity contribution in [3.8, 4) is 0 Å². The third kappa shape index (κ3) is 7.32. The number of hydrogen-bond donors (Lipinski definition) is 1. The Morgan fingerprint density at radius 3 is 2.10 bits per heavy atom. The predicted octanol–water partition coefficient (Wildman–Crippen LogP) is 5.86. The maximum atomic E-state index is 14.0. The molecule has 0 spiro atoms. The number of hydrogen-bond acceptors (Lipinski definition) is 6. The zero-order valence-corrected chi connectivity index (χ0v) is 24.9. The summed E-state index contributed by atoms with van der Waals surface area (Å²) in [6, 6.07) is 21.7. The Morgan fingerprint density at radius 1 is 0.878 bits per heavy atom. The number of para-hydroxylation sites is 2. The third-order valence-electron chi connectivity index (χ3n) is 6.38. The fourth-order valence-electron chi connectivity index (χ4n) is 4.45. The Labute approximate surface area is 247 Å². The van der Waals surface area contributed by atoms with E-state index in [0.717, 1.165) is 15.6 Å². The Morgan fingerprint density at radius 2 is 1.49 bits per heavy atom. The first-order valence-electron chi connectivity index (χ1n) is 13.1. The van der Waals surface area contributed by atoms with E-state index in [1.54, 1.807) is 74.2 Å². The number of nitrogens with zero attached hydrogens (tertiary/aromatic N) is 2. The van der Waals surface area contributed by atoms with Crippen molar-refractivity contribution in [3.05, 3.63) is 88.4 Å². The first kappa shape index (κ1) is 29.8. The molecule has 10 heteroatoms. The second-order valence-electron chi connectivity index (χ2n) is 10.6. The molecular formula is C31H32BrN3O6. The van der Waals surface area contributed by atoms with Crippen molar-refractivity contribution in [2.24, 2.45) is 5.92 Å². The molecule has 1 aliphatic heterocycles. The van der Waals surface area contributed by atoms with Crippen LogP contribution in [0.2, 0.25) is 0 Å². The molecule has 0 aliphatic carbocycles. The van der Waals surface area contributed by atoms with E-state index >= 15 is 0 Å². The van der Waals surface area contributed by atoms with Gasteiger partial charge in [0.25, 0.3) is 0 Å². The van der Waals surface area contributed by atoms with Gasteiger partial charge in [0.2, 0.25) is 11.8 Å². The van der Waals surface area contributed by atoms with Crippen molar-refractivity contribution >= 4 is 56.9 Å². The number of halogens is 1. The molecule has 0 saturated carbocycles. The standard InChI is InChI=1S/C31H32BrN3O6/c1-31(2,3)41-30(39)33-18-20-11-15-23(16-12-20)35-26-8-6-5-7-25(26)34(19-21-9-13-22(32)14-10-21)28(37)24(29(35)38)17-27(36)40-4/h5-16,24H,17-19H2,1-4H3,(H,33,39). The zero-order chi connectivity index (χ0) is 29.7. The number of carbonyl (C=O) groups is 4. The highest BCUT2D eigenvalue weighted by atomic mass is 79.9. The van der Waals surface area contributed by atoms with Crippen LogP contribution in [0.1, 0.15) is 38.3 Å². The Kier molecular flexibility index (Phi) is 9.12. The summed E-state index contributed by atoms with van der Waals surface area (Å²) in [5.74, 6) is -2.98. The van der Waals surface area contributed by atoms with Crippen molar-refractivity contribution in [1.82, 2.24) is 5.32 Å². The molecule has 1 heterocycles. The van der Waals surface area contributed by atoms with E-state index < -0.39 is 41.8 Å². The van der Waals surface area contributed by atoms with Crippen LogP contribution in [-0.4, -0.2) is 36.6 Å². The number of fused-ring (bicyclic) bond motifs is 1. The number of methoxy groups -OCH3 is 1. The van der Waals surface area contributed by atoms with Gasteiger partial charge in [-0.3, -0.25) is 19.3 Å². The van der Waals surface area contributed by atoms with E-state index in [1.165, 1.54) is 12.0 Å². The van der Waals surface area contributed by atoms with E-state index in [1.807, 2.05) is 24.3 Å². The number of benzene rings is 3. The highest BCUT2D eigenvalue weighted by Crippen LogP contribution is 2.40. The maximum Gasteiger partial charge on any atom is 0.407 e. The molecular weight excluding hydrogens is 590 g/mol. The molecule has 214 valence electrons. The maximum absolute atomic E-state index is 14.0. The molecule has 0 radical (unpaired) electrons. The largest absolute Gasteiger partial charge is 0.469 e. The van der Waals surface area contributed by atoms with Gasteiger partial charge in [0.1, 0.15) is 11.5 Å². The number of amides is 3. The van der Waals surface area contributed by atoms with Crippen molar-refractivity contribution in [1.29, 1.82) is 0 Å². The van der Waals surface area contributed by atoms with Crippen LogP contribution in [0.3, 0.4) is 0 Å². The van der Waals surface area contributed by atoms with E-state index in [2.05, 4.69) is 21.2 Å². The number of ether oxygens (including phenoxy) is 2. The summed E-state index contributed by atoms with van der Waals surface area (Å²) < 4.78 is 11.0. The first-order valence-corrected chi connectivity index (χ1v) is 13.9. The Bertz CT molecular complexity index is 1430. The van der Waals surface area contributed by atoms with Crippen LogP contribution in [0, 0.1) is 5.92 Å². The second kappa shape index (κ2) is 12.6. The van der Waals surface area contributed by atoms with Gasteiger partial charge in [0.15, 0.2) is 0 Å². The van der Waals surface area contributed by atoms with Gasteiger partial charge in [-0.05, 0) is 68.3 Å². The minimum Gasteiger partial charge on any atom is -0.469 e.